The molecule has 0 bridgehead atoms. The summed E-state index contributed by atoms with van der Waals surface area (Å²) < 4.78 is 16.4. The summed E-state index contributed by atoms with van der Waals surface area (Å²) in [6, 6.07) is 0. The average Bonchev–Trinajstić information content (AvgIpc) is 2.46. The van der Waals surface area contributed by atoms with Crippen LogP contribution in [0.15, 0.2) is 6.33 Å². The lowest BCUT2D eigenvalue weighted by Crippen LogP contribution is -2.22. The summed E-state index contributed by atoms with van der Waals surface area (Å²) in [6.45, 7) is 5.05. The van der Waals surface area contributed by atoms with Gasteiger partial charge < -0.3 is 19.5 Å². The van der Waals surface area contributed by atoms with Gasteiger partial charge in [-0.25, -0.2) is 4.98 Å². The second-order valence-corrected chi connectivity index (χ2v) is 4.46. The van der Waals surface area contributed by atoms with E-state index in [9.17, 15) is 0 Å². The van der Waals surface area contributed by atoms with Gasteiger partial charge in [-0.3, -0.25) is 0 Å². The van der Waals surface area contributed by atoms with Crippen molar-refractivity contribution in [2.75, 3.05) is 38.8 Å². The highest BCUT2D eigenvalue weighted by Crippen LogP contribution is 2.31. The number of nitrogens with zero attached hydrogens (tertiary/aromatic N) is 2. The minimum absolute atomic E-state index is 0.500. The maximum Gasteiger partial charge on any atom is 0.262 e. The number of hydrogen-bond acceptors (Lipinski definition) is 6. The molecule has 1 N–H and O–H groups in total. The zero-order chi connectivity index (χ0) is 13.5. The molecule has 2 heterocycles. The number of anilines is 1. The first-order valence-corrected chi connectivity index (χ1v) is 6.68. The summed E-state index contributed by atoms with van der Waals surface area (Å²) in [7, 11) is 1.60. The van der Waals surface area contributed by atoms with Gasteiger partial charge >= 0.3 is 0 Å². The van der Waals surface area contributed by atoms with Crippen molar-refractivity contribution in [3.8, 4) is 11.6 Å². The minimum atomic E-state index is 0.500. The molecule has 19 heavy (non-hydrogen) atoms. The van der Waals surface area contributed by atoms with E-state index in [1.807, 2.05) is 6.92 Å². The van der Waals surface area contributed by atoms with Gasteiger partial charge in [-0.15, -0.1) is 0 Å². The number of methoxy groups -OCH3 is 1. The number of ether oxygens (including phenoxy) is 3. The van der Waals surface area contributed by atoms with E-state index in [4.69, 9.17) is 14.2 Å². The van der Waals surface area contributed by atoms with Crippen molar-refractivity contribution < 1.29 is 14.2 Å². The van der Waals surface area contributed by atoms with E-state index in [0.29, 0.717) is 30.0 Å². The van der Waals surface area contributed by atoms with Crippen molar-refractivity contribution in [3.05, 3.63) is 6.33 Å². The lowest BCUT2D eigenvalue weighted by molar-refractivity contribution is 0.0485. The van der Waals surface area contributed by atoms with Gasteiger partial charge in [0.15, 0.2) is 5.82 Å². The first-order valence-electron chi connectivity index (χ1n) is 6.68. The summed E-state index contributed by atoms with van der Waals surface area (Å²) in [5, 5.41) is 3.13. The van der Waals surface area contributed by atoms with Crippen LogP contribution in [0, 0.1) is 5.92 Å². The van der Waals surface area contributed by atoms with Crippen LogP contribution in [0.4, 0.5) is 5.82 Å². The molecule has 1 aromatic heterocycles. The summed E-state index contributed by atoms with van der Waals surface area (Å²) in [5.74, 6) is 2.26. The quantitative estimate of drug-likeness (QED) is 0.846. The van der Waals surface area contributed by atoms with Crippen LogP contribution in [-0.2, 0) is 4.74 Å². The summed E-state index contributed by atoms with van der Waals surface area (Å²) in [5.41, 5.74) is 0. The molecule has 2 rings (SSSR count). The van der Waals surface area contributed by atoms with Crippen molar-refractivity contribution in [1.29, 1.82) is 0 Å². The maximum absolute atomic E-state index is 5.78. The van der Waals surface area contributed by atoms with Crippen LogP contribution in [0.1, 0.15) is 19.8 Å². The Morgan fingerprint density at radius 2 is 2.16 bits per heavy atom. The van der Waals surface area contributed by atoms with Gasteiger partial charge in [0, 0.05) is 19.8 Å². The number of rotatable bonds is 6. The highest BCUT2D eigenvalue weighted by atomic mass is 16.5. The van der Waals surface area contributed by atoms with E-state index in [-0.39, 0.29) is 0 Å². The molecule has 0 atom stereocenters. The summed E-state index contributed by atoms with van der Waals surface area (Å²) >= 11 is 0. The molecule has 0 radical (unpaired) electrons. The third-order valence-corrected chi connectivity index (χ3v) is 3.12. The van der Waals surface area contributed by atoms with Gasteiger partial charge in [0.1, 0.15) is 6.33 Å². The molecule has 1 aliphatic rings. The molecule has 1 aromatic rings. The largest absolute Gasteiger partial charge is 0.489 e. The first kappa shape index (κ1) is 13.9. The highest BCUT2D eigenvalue weighted by Gasteiger charge is 2.17. The van der Waals surface area contributed by atoms with E-state index >= 15 is 0 Å². The van der Waals surface area contributed by atoms with Crippen molar-refractivity contribution >= 4 is 5.82 Å². The molecular formula is C13H21N3O3. The molecule has 106 valence electrons. The number of nitrogens with one attached hydrogen (secondary N) is 1. The second-order valence-electron chi connectivity index (χ2n) is 4.46. The fourth-order valence-electron chi connectivity index (χ4n) is 2.05. The molecule has 0 spiro atoms. The summed E-state index contributed by atoms with van der Waals surface area (Å²) in [4.78, 5) is 8.29. The smallest absolute Gasteiger partial charge is 0.262 e. The van der Waals surface area contributed by atoms with Crippen LogP contribution in [0.25, 0.3) is 0 Å². The lowest BCUT2D eigenvalue weighted by atomic mass is 10.0. The van der Waals surface area contributed by atoms with Crippen molar-refractivity contribution in [2.45, 2.75) is 19.8 Å². The van der Waals surface area contributed by atoms with Crippen LogP contribution in [-0.4, -0.2) is 43.4 Å². The van der Waals surface area contributed by atoms with Gasteiger partial charge in [0.25, 0.3) is 5.88 Å². The Balaban J connectivity index is 2.00. The third-order valence-electron chi connectivity index (χ3n) is 3.12. The minimum Gasteiger partial charge on any atom is -0.489 e. The van der Waals surface area contributed by atoms with Gasteiger partial charge in [0.2, 0.25) is 5.75 Å². The highest BCUT2D eigenvalue weighted by molar-refractivity contribution is 5.54. The van der Waals surface area contributed by atoms with E-state index < -0.39 is 0 Å². The SMILES string of the molecule is CCNc1ncnc(OCC2CCOCC2)c1OC. The van der Waals surface area contributed by atoms with Crippen LogP contribution in [0.5, 0.6) is 11.6 Å². The van der Waals surface area contributed by atoms with E-state index in [1.54, 1.807) is 7.11 Å². The molecule has 0 saturated carbocycles. The monoisotopic (exact) mass is 267 g/mol. The second kappa shape index (κ2) is 7.13. The molecule has 0 aromatic carbocycles. The Bertz CT molecular complexity index is 395. The van der Waals surface area contributed by atoms with E-state index in [2.05, 4.69) is 15.3 Å². The van der Waals surface area contributed by atoms with Crippen LogP contribution in [0.2, 0.25) is 0 Å². The van der Waals surface area contributed by atoms with Crippen molar-refractivity contribution in [3.63, 3.8) is 0 Å². The average molecular weight is 267 g/mol. The number of aromatic nitrogens is 2. The van der Waals surface area contributed by atoms with Crippen LogP contribution in [0.3, 0.4) is 0 Å². The molecule has 0 amide bonds. The molecule has 0 aliphatic carbocycles. The Morgan fingerprint density at radius 3 is 2.84 bits per heavy atom. The third kappa shape index (κ3) is 3.70. The van der Waals surface area contributed by atoms with Gasteiger partial charge in [0.05, 0.1) is 13.7 Å². The Hall–Kier alpha value is -1.56. The topological polar surface area (TPSA) is 65.5 Å². The fourth-order valence-corrected chi connectivity index (χ4v) is 2.05. The fraction of sp³-hybridized carbons (Fsp3) is 0.692. The molecule has 0 unspecified atom stereocenters. The molecule has 6 nitrogen and oxygen atoms in total. The zero-order valence-corrected chi connectivity index (χ0v) is 11.5. The Labute approximate surface area is 113 Å². The zero-order valence-electron chi connectivity index (χ0n) is 11.5. The standard InChI is InChI=1S/C13H21N3O3/c1-3-14-12-11(17-2)13(16-9-15-12)19-8-10-4-6-18-7-5-10/h9-10H,3-8H2,1-2H3,(H,14,15,16). The van der Waals surface area contributed by atoms with Gasteiger partial charge in [-0.05, 0) is 25.7 Å². The molecule has 1 aliphatic heterocycles. The van der Waals surface area contributed by atoms with Crippen molar-refractivity contribution in [2.24, 2.45) is 5.92 Å². The molecule has 1 fully saturated rings. The predicted molar refractivity (Wildman–Crippen MR) is 71.8 cm³/mol. The number of hydrogen-bond donors (Lipinski definition) is 1. The first-order chi connectivity index (χ1) is 9.35. The molecular weight excluding hydrogens is 246 g/mol. The maximum atomic E-state index is 5.78. The van der Waals surface area contributed by atoms with E-state index in [1.165, 1.54) is 6.33 Å². The molecule has 1 saturated heterocycles. The van der Waals surface area contributed by atoms with Crippen molar-refractivity contribution in [1.82, 2.24) is 9.97 Å². The van der Waals surface area contributed by atoms with Gasteiger partial charge in [-0.2, -0.15) is 4.98 Å². The Kier molecular flexibility index (Phi) is 5.20. The Morgan fingerprint density at radius 1 is 1.37 bits per heavy atom. The lowest BCUT2D eigenvalue weighted by Gasteiger charge is -2.22. The normalized spacial score (nSPS) is 16.1. The van der Waals surface area contributed by atoms with Gasteiger partial charge in [-0.1, -0.05) is 0 Å². The van der Waals surface area contributed by atoms with Crippen LogP contribution >= 0.6 is 0 Å². The molecule has 6 heteroatoms. The van der Waals surface area contributed by atoms with E-state index in [0.717, 1.165) is 32.6 Å². The predicted octanol–water partition coefficient (Wildman–Crippen LogP) is 1.72. The summed E-state index contributed by atoms with van der Waals surface area (Å²) in [6.07, 6.45) is 3.56. The van der Waals surface area contributed by atoms with Crippen LogP contribution < -0.4 is 14.8 Å².